The summed E-state index contributed by atoms with van der Waals surface area (Å²) in [6.45, 7) is 6.74. The zero-order valence-corrected chi connectivity index (χ0v) is 12.6. The van der Waals surface area contributed by atoms with E-state index in [2.05, 4.69) is 26.2 Å². The summed E-state index contributed by atoms with van der Waals surface area (Å²) < 4.78 is 6.00. The fourth-order valence-corrected chi connectivity index (χ4v) is 5.31. The Hall–Kier alpha value is -0.120. The Morgan fingerprint density at radius 1 is 1.16 bits per heavy atom. The summed E-state index contributed by atoms with van der Waals surface area (Å²) in [6.07, 6.45) is 7.86. The van der Waals surface area contributed by atoms with Gasteiger partial charge in [-0.15, -0.1) is 0 Å². The molecule has 3 rings (SSSR count). The normalized spacial score (nSPS) is 50.8. The number of hydrogen-bond donors (Lipinski definition) is 2. The SMILES string of the molecule is CC1OC(C)C(C(CC2CC3CCC2C3)NN)C1C. The molecule has 0 spiro atoms. The van der Waals surface area contributed by atoms with Gasteiger partial charge in [0.2, 0.25) is 0 Å². The maximum absolute atomic E-state index is 6.00. The molecule has 8 atom stereocenters. The highest BCUT2D eigenvalue weighted by molar-refractivity contribution is 4.96. The molecule has 0 aromatic carbocycles. The van der Waals surface area contributed by atoms with Crippen molar-refractivity contribution in [2.24, 2.45) is 35.4 Å². The minimum Gasteiger partial charge on any atom is -0.375 e. The van der Waals surface area contributed by atoms with E-state index in [1.54, 1.807) is 0 Å². The van der Waals surface area contributed by atoms with Crippen LogP contribution in [0.5, 0.6) is 0 Å². The van der Waals surface area contributed by atoms with Crippen LogP contribution >= 0.6 is 0 Å². The predicted octanol–water partition coefficient (Wildman–Crippen LogP) is 2.70. The summed E-state index contributed by atoms with van der Waals surface area (Å²) in [5.41, 5.74) is 3.13. The van der Waals surface area contributed by atoms with Gasteiger partial charge in [0.15, 0.2) is 0 Å². The average molecular weight is 266 g/mol. The first kappa shape index (κ1) is 13.8. The van der Waals surface area contributed by atoms with Crippen molar-refractivity contribution in [3.63, 3.8) is 0 Å². The Balaban J connectivity index is 1.64. The fraction of sp³-hybridized carbons (Fsp3) is 1.00. The zero-order valence-electron chi connectivity index (χ0n) is 12.6. The highest BCUT2D eigenvalue weighted by Gasteiger charge is 2.45. The molecule has 19 heavy (non-hydrogen) atoms. The molecule has 110 valence electrons. The molecule has 3 nitrogen and oxygen atoms in total. The van der Waals surface area contributed by atoms with E-state index in [0.717, 1.165) is 17.8 Å². The van der Waals surface area contributed by atoms with E-state index in [0.29, 0.717) is 30.1 Å². The molecule has 8 unspecified atom stereocenters. The lowest BCUT2D eigenvalue weighted by atomic mass is 9.76. The lowest BCUT2D eigenvalue weighted by Crippen LogP contribution is -2.46. The minimum atomic E-state index is 0.338. The molecule has 3 N–H and O–H groups in total. The van der Waals surface area contributed by atoms with Gasteiger partial charge >= 0.3 is 0 Å². The minimum absolute atomic E-state index is 0.338. The molecule has 2 bridgehead atoms. The third kappa shape index (κ3) is 2.45. The number of rotatable bonds is 4. The highest BCUT2D eigenvalue weighted by Crippen LogP contribution is 2.50. The summed E-state index contributed by atoms with van der Waals surface area (Å²) in [6, 6.07) is 0.430. The molecule has 2 aliphatic carbocycles. The molecular formula is C16H30N2O. The van der Waals surface area contributed by atoms with E-state index in [9.17, 15) is 0 Å². The first-order valence-electron chi connectivity index (χ1n) is 8.21. The Morgan fingerprint density at radius 2 is 1.95 bits per heavy atom. The van der Waals surface area contributed by atoms with Crippen LogP contribution in [-0.4, -0.2) is 18.2 Å². The van der Waals surface area contributed by atoms with Crippen LogP contribution in [0.15, 0.2) is 0 Å². The molecule has 0 radical (unpaired) electrons. The van der Waals surface area contributed by atoms with Crippen molar-refractivity contribution < 1.29 is 4.74 Å². The van der Waals surface area contributed by atoms with Gasteiger partial charge < -0.3 is 4.74 Å². The maximum Gasteiger partial charge on any atom is 0.0597 e. The van der Waals surface area contributed by atoms with Gasteiger partial charge in [-0.1, -0.05) is 13.3 Å². The van der Waals surface area contributed by atoms with Crippen molar-refractivity contribution in [3.05, 3.63) is 0 Å². The van der Waals surface area contributed by atoms with E-state index in [1.165, 1.54) is 32.1 Å². The predicted molar refractivity (Wildman–Crippen MR) is 77.3 cm³/mol. The third-order valence-corrected chi connectivity index (χ3v) is 6.44. The number of nitrogens with two attached hydrogens (primary N) is 1. The molecule has 1 saturated heterocycles. The van der Waals surface area contributed by atoms with E-state index >= 15 is 0 Å². The van der Waals surface area contributed by atoms with E-state index < -0.39 is 0 Å². The van der Waals surface area contributed by atoms with Crippen molar-refractivity contribution >= 4 is 0 Å². The van der Waals surface area contributed by atoms with Crippen molar-refractivity contribution in [2.45, 2.75) is 71.1 Å². The molecule has 0 aromatic heterocycles. The van der Waals surface area contributed by atoms with Crippen LogP contribution in [0, 0.1) is 29.6 Å². The first-order chi connectivity index (χ1) is 9.10. The molecule has 3 aliphatic rings. The van der Waals surface area contributed by atoms with Gasteiger partial charge in [0.1, 0.15) is 0 Å². The van der Waals surface area contributed by atoms with Gasteiger partial charge in [0, 0.05) is 12.0 Å². The van der Waals surface area contributed by atoms with Crippen LogP contribution < -0.4 is 11.3 Å². The van der Waals surface area contributed by atoms with Gasteiger partial charge in [-0.3, -0.25) is 11.3 Å². The lowest BCUT2D eigenvalue weighted by molar-refractivity contribution is 0.0458. The number of hydrazine groups is 1. The molecule has 3 fully saturated rings. The second kappa shape index (κ2) is 5.34. The van der Waals surface area contributed by atoms with Crippen LogP contribution in [0.3, 0.4) is 0 Å². The van der Waals surface area contributed by atoms with Gasteiger partial charge in [0.25, 0.3) is 0 Å². The number of nitrogens with one attached hydrogen (secondary N) is 1. The van der Waals surface area contributed by atoms with Crippen LogP contribution in [-0.2, 0) is 4.74 Å². The molecule has 1 heterocycles. The quantitative estimate of drug-likeness (QED) is 0.607. The topological polar surface area (TPSA) is 47.3 Å². The van der Waals surface area contributed by atoms with Gasteiger partial charge in [0.05, 0.1) is 12.2 Å². The summed E-state index contributed by atoms with van der Waals surface area (Å²) in [5, 5.41) is 0. The number of fused-ring (bicyclic) bond motifs is 2. The molecule has 1 aliphatic heterocycles. The second-order valence-corrected chi connectivity index (χ2v) is 7.43. The summed E-state index contributed by atoms with van der Waals surface area (Å²) in [4.78, 5) is 0. The lowest BCUT2D eigenvalue weighted by Gasteiger charge is -2.33. The van der Waals surface area contributed by atoms with Gasteiger partial charge in [-0.25, -0.2) is 0 Å². The summed E-state index contributed by atoms with van der Waals surface area (Å²) in [5.74, 6) is 10.0. The fourth-order valence-electron chi connectivity index (χ4n) is 5.31. The van der Waals surface area contributed by atoms with E-state index in [4.69, 9.17) is 10.6 Å². The van der Waals surface area contributed by atoms with Crippen molar-refractivity contribution in [3.8, 4) is 0 Å². The zero-order chi connectivity index (χ0) is 13.6. The Morgan fingerprint density at radius 3 is 2.42 bits per heavy atom. The van der Waals surface area contributed by atoms with Gasteiger partial charge in [-0.2, -0.15) is 0 Å². The van der Waals surface area contributed by atoms with Crippen molar-refractivity contribution in [2.75, 3.05) is 0 Å². The maximum atomic E-state index is 6.00. The van der Waals surface area contributed by atoms with E-state index in [-0.39, 0.29) is 0 Å². The monoisotopic (exact) mass is 266 g/mol. The third-order valence-electron chi connectivity index (χ3n) is 6.44. The largest absolute Gasteiger partial charge is 0.375 e. The summed E-state index contributed by atoms with van der Waals surface area (Å²) in [7, 11) is 0. The Kier molecular flexibility index (Phi) is 3.89. The summed E-state index contributed by atoms with van der Waals surface area (Å²) >= 11 is 0. The van der Waals surface area contributed by atoms with E-state index in [1.807, 2.05) is 0 Å². The van der Waals surface area contributed by atoms with Crippen molar-refractivity contribution in [1.82, 2.24) is 5.43 Å². The second-order valence-electron chi connectivity index (χ2n) is 7.43. The van der Waals surface area contributed by atoms with Crippen molar-refractivity contribution in [1.29, 1.82) is 0 Å². The Labute approximate surface area is 117 Å². The molecule has 3 heteroatoms. The van der Waals surface area contributed by atoms with Crippen LogP contribution in [0.2, 0.25) is 0 Å². The number of hydrogen-bond acceptors (Lipinski definition) is 3. The molecule has 0 amide bonds. The van der Waals surface area contributed by atoms with Gasteiger partial charge in [-0.05, 0) is 63.2 Å². The molecule has 0 aromatic rings. The number of ether oxygens (including phenoxy) is 1. The first-order valence-corrected chi connectivity index (χ1v) is 8.21. The molecular weight excluding hydrogens is 236 g/mol. The standard InChI is InChI=1S/C16H30N2O/c1-9-10(2)19-11(3)16(9)15(18-17)8-14-7-12-4-5-13(14)6-12/h9-16,18H,4-8,17H2,1-3H3. The highest BCUT2D eigenvalue weighted by atomic mass is 16.5. The van der Waals surface area contributed by atoms with Crippen LogP contribution in [0.25, 0.3) is 0 Å². The average Bonchev–Trinajstić information content (AvgIpc) is 3.04. The van der Waals surface area contributed by atoms with Crippen LogP contribution in [0.4, 0.5) is 0 Å². The molecule has 2 saturated carbocycles. The Bertz CT molecular complexity index is 322. The van der Waals surface area contributed by atoms with Crippen LogP contribution in [0.1, 0.15) is 52.9 Å². The smallest absolute Gasteiger partial charge is 0.0597 e.